The molecule has 5 nitrogen and oxygen atoms in total. The van der Waals surface area contributed by atoms with E-state index in [1.807, 2.05) is 18.2 Å². The summed E-state index contributed by atoms with van der Waals surface area (Å²) >= 11 is 0. The Balaban J connectivity index is 1.83. The number of rotatable bonds is 2. The Kier molecular flexibility index (Phi) is 4.07. The quantitative estimate of drug-likeness (QED) is 0.868. The smallest absolute Gasteiger partial charge is 0.282 e. The molecule has 3 rings (SSSR count). The molecular weight excluding hydrogens is 274 g/mol. The lowest BCUT2D eigenvalue weighted by atomic mass is 10.0. The minimum absolute atomic E-state index is 0.502. The first-order chi connectivity index (χ1) is 9.68. The van der Waals surface area contributed by atoms with Gasteiger partial charge in [0.15, 0.2) is 0 Å². The van der Waals surface area contributed by atoms with Gasteiger partial charge in [-0.05, 0) is 24.0 Å². The van der Waals surface area contributed by atoms with Crippen molar-refractivity contribution in [2.24, 2.45) is 0 Å². The fraction of sp³-hybridized carbons (Fsp3) is 0.571. The van der Waals surface area contributed by atoms with Crippen LogP contribution in [0.2, 0.25) is 0 Å². The Hall–Kier alpha value is -0.950. The van der Waals surface area contributed by atoms with Gasteiger partial charge < -0.3 is 5.32 Å². The summed E-state index contributed by atoms with van der Waals surface area (Å²) in [6.07, 6.45) is 1.85. The second-order valence-corrected chi connectivity index (χ2v) is 7.29. The summed E-state index contributed by atoms with van der Waals surface area (Å²) in [4.78, 5) is 0. The van der Waals surface area contributed by atoms with Gasteiger partial charge in [0.1, 0.15) is 0 Å². The Bertz CT molecular complexity index is 568. The lowest BCUT2D eigenvalue weighted by Crippen LogP contribution is -2.51. The first-order valence-corrected chi connectivity index (χ1v) is 8.60. The zero-order chi connectivity index (χ0) is 14.0. The highest BCUT2D eigenvalue weighted by Gasteiger charge is 2.31. The number of hydrogen-bond donors (Lipinski definition) is 1. The molecule has 1 saturated heterocycles. The highest BCUT2D eigenvalue weighted by molar-refractivity contribution is 7.86. The molecule has 1 aromatic rings. The SMILES string of the molecule is O=S(=O)(N1CCNCC1)N1CCCc2ccccc2C1. The van der Waals surface area contributed by atoms with Crippen LogP contribution in [0, 0.1) is 0 Å². The number of nitrogens with one attached hydrogen (secondary N) is 1. The lowest BCUT2D eigenvalue weighted by Gasteiger charge is -2.32. The molecule has 0 spiro atoms. The second kappa shape index (κ2) is 5.81. The number of piperazine rings is 1. The molecule has 2 aliphatic heterocycles. The second-order valence-electron chi connectivity index (χ2n) is 5.36. The van der Waals surface area contributed by atoms with Gasteiger partial charge in [-0.15, -0.1) is 0 Å². The third-order valence-electron chi connectivity index (χ3n) is 4.05. The molecule has 20 heavy (non-hydrogen) atoms. The van der Waals surface area contributed by atoms with Crippen LogP contribution in [0.25, 0.3) is 0 Å². The van der Waals surface area contributed by atoms with Crippen LogP contribution in [0.1, 0.15) is 17.5 Å². The number of aryl methyl sites for hydroxylation is 1. The molecular formula is C14H21N3O2S. The monoisotopic (exact) mass is 295 g/mol. The standard InChI is InChI=1S/C14H21N3O2S/c18-20(19,16-10-7-15-8-11-16)17-9-3-6-13-4-1-2-5-14(13)12-17/h1-2,4-5,15H,3,6-12H2. The Morgan fingerprint density at radius 1 is 0.950 bits per heavy atom. The van der Waals surface area contributed by atoms with E-state index in [9.17, 15) is 8.42 Å². The molecule has 0 radical (unpaired) electrons. The number of benzene rings is 1. The molecule has 1 N–H and O–H groups in total. The van der Waals surface area contributed by atoms with Gasteiger partial charge in [-0.1, -0.05) is 24.3 Å². The molecule has 110 valence electrons. The first-order valence-electron chi connectivity index (χ1n) is 7.20. The van der Waals surface area contributed by atoms with E-state index in [1.54, 1.807) is 8.61 Å². The topological polar surface area (TPSA) is 52.7 Å². The van der Waals surface area contributed by atoms with E-state index in [-0.39, 0.29) is 0 Å². The number of nitrogens with zero attached hydrogens (tertiary/aromatic N) is 2. The summed E-state index contributed by atoms with van der Waals surface area (Å²) in [5, 5.41) is 3.19. The van der Waals surface area contributed by atoms with Crippen LogP contribution < -0.4 is 5.32 Å². The average molecular weight is 295 g/mol. The van der Waals surface area contributed by atoms with Gasteiger partial charge in [-0.25, -0.2) is 0 Å². The van der Waals surface area contributed by atoms with Crippen LogP contribution in [0.5, 0.6) is 0 Å². The van der Waals surface area contributed by atoms with Gasteiger partial charge in [0, 0.05) is 39.3 Å². The fourth-order valence-corrected chi connectivity index (χ4v) is 4.54. The maximum Gasteiger partial charge on any atom is 0.282 e. The minimum Gasteiger partial charge on any atom is -0.314 e. The van der Waals surface area contributed by atoms with Gasteiger partial charge in [0.05, 0.1) is 0 Å². The maximum atomic E-state index is 12.7. The van der Waals surface area contributed by atoms with Gasteiger partial charge in [0.25, 0.3) is 10.2 Å². The Morgan fingerprint density at radius 2 is 1.65 bits per heavy atom. The largest absolute Gasteiger partial charge is 0.314 e. The van der Waals surface area contributed by atoms with E-state index < -0.39 is 10.2 Å². The van der Waals surface area contributed by atoms with Gasteiger partial charge in [-0.3, -0.25) is 0 Å². The molecule has 0 aliphatic carbocycles. The molecule has 0 unspecified atom stereocenters. The summed E-state index contributed by atoms with van der Waals surface area (Å²) in [6.45, 7) is 3.73. The van der Waals surface area contributed by atoms with Crippen molar-refractivity contribution < 1.29 is 8.42 Å². The minimum atomic E-state index is -3.32. The Morgan fingerprint density at radius 3 is 2.40 bits per heavy atom. The fourth-order valence-electron chi connectivity index (χ4n) is 2.91. The predicted octanol–water partition coefficient (Wildman–Crippen LogP) is 0.585. The van der Waals surface area contributed by atoms with Crippen molar-refractivity contribution in [1.29, 1.82) is 0 Å². The van der Waals surface area contributed by atoms with Crippen LogP contribution in [-0.4, -0.2) is 49.8 Å². The molecule has 0 atom stereocenters. The summed E-state index contributed by atoms with van der Waals surface area (Å²) < 4.78 is 28.7. The van der Waals surface area contributed by atoms with E-state index in [1.165, 1.54) is 5.56 Å². The Labute approximate surface area is 120 Å². The van der Waals surface area contributed by atoms with Crippen LogP contribution in [0.4, 0.5) is 0 Å². The first kappa shape index (κ1) is 14.0. The van der Waals surface area contributed by atoms with Crippen LogP contribution in [-0.2, 0) is 23.2 Å². The van der Waals surface area contributed by atoms with Crippen LogP contribution >= 0.6 is 0 Å². The van der Waals surface area contributed by atoms with E-state index in [0.717, 1.165) is 31.5 Å². The normalized spacial score (nSPS) is 22.2. The third kappa shape index (κ3) is 2.74. The molecule has 2 heterocycles. The number of fused-ring (bicyclic) bond motifs is 1. The van der Waals surface area contributed by atoms with Crippen molar-refractivity contribution in [3.8, 4) is 0 Å². The zero-order valence-corrected chi connectivity index (χ0v) is 12.4. The van der Waals surface area contributed by atoms with Crippen molar-refractivity contribution in [3.63, 3.8) is 0 Å². The molecule has 0 saturated carbocycles. The lowest BCUT2D eigenvalue weighted by molar-refractivity contribution is 0.309. The highest BCUT2D eigenvalue weighted by Crippen LogP contribution is 2.22. The van der Waals surface area contributed by atoms with Crippen molar-refractivity contribution in [3.05, 3.63) is 35.4 Å². The maximum absolute atomic E-state index is 12.7. The summed E-state index contributed by atoms with van der Waals surface area (Å²) in [7, 11) is -3.32. The van der Waals surface area contributed by atoms with Crippen molar-refractivity contribution in [2.45, 2.75) is 19.4 Å². The molecule has 0 bridgehead atoms. The van der Waals surface area contributed by atoms with Crippen molar-refractivity contribution in [1.82, 2.24) is 13.9 Å². The summed E-state index contributed by atoms with van der Waals surface area (Å²) in [6, 6.07) is 8.16. The highest BCUT2D eigenvalue weighted by atomic mass is 32.2. The summed E-state index contributed by atoms with van der Waals surface area (Å²) in [5.41, 5.74) is 2.43. The predicted molar refractivity (Wildman–Crippen MR) is 78.5 cm³/mol. The molecule has 0 amide bonds. The van der Waals surface area contributed by atoms with Gasteiger partial charge >= 0.3 is 0 Å². The van der Waals surface area contributed by atoms with Crippen molar-refractivity contribution in [2.75, 3.05) is 32.7 Å². The van der Waals surface area contributed by atoms with Crippen molar-refractivity contribution >= 4 is 10.2 Å². The van der Waals surface area contributed by atoms with Gasteiger partial charge in [-0.2, -0.15) is 17.0 Å². The van der Waals surface area contributed by atoms with E-state index >= 15 is 0 Å². The zero-order valence-electron chi connectivity index (χ0n) is 11.6. The van der Waals surface area contributed by atoms with Gasteiger partial charge in [0.2, 0.25) is 0 Å². The molecule has 2 aliphatic rings. The van der Waals surface area contributed by atoms with Crippen LogP contribution in [0.3, 0.4) is 0 Å². The molecule has 1 aromatic carbocycles. The molecule has 0 aromatic heterocycles. The van der Waals surface area contributed by atoms with Crippen LogP contribution in [0.15, 0.2) is 24.3 Å². The van der Waals surface area contributed by atoms with E-state index in [4.69, 9.17) is 0 Å². The third-order valence-corrected chi connectivity index (χ3v) is 6.03. The molecule has 6 heteroatoms. The summed E-state index contributed by atoms with van der Waals surface area (Å²) in [5.74, 6) is 0. The average Bonchev–Trinajstić information content (AvgIpc) is 2.71. The van der Waals surface area contributed by atoms with E-state index in [0.29, 0.717) is 26.2 Å². The number of hydrogen-bond acceptors (Lipinski definition) is 3. The van der Waals surface area contributed by atoms with E-state index in [2.05, 4.69) is 11.4 Å². The molecule has 1 fully saturated rings.